The van der Waals surface area contributed by atoms with Crippen LogP contribution in [0.5, 0.6) is 0 Å². The highest BCUT2D eigenvalue weighted by Gasteiger charge is 2.41. The zero-order valence-electron chi connectivity index (χ0n) is 22.7. The third-order valence-corrected chi connectivity index (χ3v) is 7.16. The maximum Gasteiger partial charge on any atom is 0.416 e. The third-order valence-electron chi connectivity index (χ3n) is 6.94. The van der Waals surface area contributed by atoms with Crippen molar-refractivity contribution in [3.05, 3.63) is 46.7 Å². The number of carbonyl (C=O) groups excluding carboxylic acids is 1. The number of likely N-dealkylation sites (tertiary alicyclic amines) is 1. The fourth-order valence-corrected chi connectivity index (χ4v) is 5.38. The second kappa shape index (κ2) is 12.4. The van der Waals surface area contributed by atoms with Crippen LogP contribution >= 0.6 is 11.6 Å². The molecule has 14 heteroatoms. The molecule has 216 valence electrons. The van der Waals surface area contributed by atoms with Crippen LogP contribution in [0.25, 0.3) is 11.4 Å². The van der Waals surface area contributed by atoms with Crippen molar-refractivity contribution in [2.45, 2.75) is 90.3 Å². The van der Waals surface area contributed by atoms with Crippen LogP contribution < -0.4 is 4.90 Å². The van der Waals surface area contributed by atoms with Crippen LogP contribution in [0.4, 0.5) is 23.9 Å². The number of amides is 1. The lowest BCUT2D eigenvalue weighted by Crippen LogP contribution is -2.57. The molecule has 0 bridgehead atoms. The summed E-state index contributed by atoms with van der Waals surface area (Å²) in [4.78, 5) is 25.8. The molecule has 1 fully saturated rings. The van der Waals surface area contributed by atoms with Crippen LogP contribution in [-0.4, -0.2) is 65.8 Å². The average Bonchev–Trinajstić information content (AvgIpc) is 3.45. The highest BCUT2D eigenvalue weighted by molar-refractivity contribution is 6.30. The highest BCUT2D eigenvalue weighted by atomic mass is 35.5. The van der Waals surface area contributed by atoms with E-state index < -0.39 is 11.7 Å². The summed E-state index contributed by atoms with van der Waals surface area (Å²) < 4.78 is 46.3. The van der Waals surface area contributed by atoms with Crippen LogP contribution in [0.15, 0.2) is 30.6 Å². The number of aromatic nitrogens is 6. The molecule has 1 aliphatic heterocycles. The van der Waals surface area contributed by atoms with Gasteiger partial charge in [0, 0.05) is 42.1 Å². The minimum absolute atomic E-state index is 0.0118. The number of halogens is 4. The van der Waals surface area contributed by atoms with Crippen LogP contribution in [0.1, 0.15) is 64.5 Å². The molecule has 2 atom stereocenters. The molecule has 2 aromatic heterocycles. The number of rotatable bonds is 8. The summed E-state index contributed by atoms with van der Waals surface area (Å²) in [6, 6.07) is 3.06. The Bertz CT molecular complexity index is 1260. The predicted molar refractivity (Wildman–Crippen MR) is 142 cm³/mol. The normalized spacial score (nSPS) is 19.6. The smallest absolute Gasteiger partial charge is 0.416 e. The number of aromatic amines is 1. The van der Waals surface area contributed by atoms with Crippen LogP contribution in [-0.2, 0) is 17.5 Å². The van der Waals surface area contributed by atoms with Gasteiger partial charge in [-0.25, -0.2) is 14.8 Å². The number of nitrogens with one attached hydrogen (secondary N) is 1. The zero-order chi connectivity index (χ0) is 29.0. The summed E-state index contributed by atoms with van der Waals surface area (Å²) in [5.41, 5.74) is 0.0736. The number of benzene rings is 1. The molecule has 2 unspecified atom stereocenters. The van der Waals surface area contributed by atoms with Crippen LogP contribution in [0.2, 0.25) is 5.02 Å². The summed E-state index contributed by atoms with van der Waals surface area (Å²) in [5.74, 6) is 0.644. The number of H-pyrrole nitrogens is 1. The second-order valence-electron chi connectivity index (χ2n) is 10.1. The maximum atomic E-state index is 13.6. The largest absolute Gasteiger partial charge is 0.447 e. The van der Waals surface area contributed by atoms with Gasteiger partial charge in [-0.1, -0.05) is 25.4 Å². The van der Waals surface area contributed by atoms with Crippen molar-refractivity contribution in [2.24, 2.45) is 0 Å². The maximum absolute atomic E-state index is 13.6. The topological polar surface area (TPSA) is 113 Å². The van der Waals surface area contributed by atoms with Gasteiger partial charge >= 0.3 is 12.3 Å². The number of anilines is 1. The van der Waals surface area contributed by atoms with E-state index in [-0.39, 0.29) is 41.9 Å². The number of alkyl halides is 3. The molecule has 40 heavy (non-hydrogen) atoms. The zero-order valence-corrected chi connectivity index (χ0v) is 23.4. The van der Waals surface area contributed by atoms with Crippen molar-refractivity contribution >= 4 is 23.6 Å². The summed E-state index contributed by atoms with van der Waals surface area (Å²) in [6.45, 7) is 7.71. The molecule has 1 N–H and O–H groups in total. The Morgan fingerprint density at radius 1 is 1.15 bits per heavy atom. The van der Waals surface area contributed by atoms with Crippen molar-refractivity contribution in [1.29, 1.82) is 0 Å². The SMILES string of the molecule is CCC1CC(N(Cc2cc(Cl)cc(C(F)(F)F)c2)c2ncc(-c3nn[nH]n3)cn2)CC(CC)N1C(=O)OC(C)C. The molecule has 1 aromatic carbocycles. The van der Waals surface area contributed by atoms with E-state index in [1.54, 1.807) is 12.4 Å². The molecule has 0 spiro atoms. The fourth-order valence-electron chi connectivity index (χ4n) is 5.13. The van der Waals surface area contributed by atoms with Crippen molar-refractivity contribution in [3.63, 3.8) is 0 Å². The Hall–Kier alpha value is -3.48. The van der Waals surface area contributed by atoms with Crippen molar-refractivity contribution in [1.82, 2.24) is 35.5 Å². The van der Waals surface area contributed by atoms with Crippen molar-refractivity contribution < 1.29 is 22.7 Å². The fraction of sp³-hybridized carbons (Fsp3) is 0.538. The van der Waals surface area contributed by atoms with E-state index in [2.05, 4.69) is 30.6 Å². The molecular formula is C26H32ClF3N8O2. The number of carbonyl (C=O) groups is 1. The number of hydrogen-bond acceptors (Lipinski definition) is 8. The van der Waals surface area contributed by atoms with E-state index >= 15 is 0 Å². The van der Waals surface area contributed by atoms with Gasteiger partial charge in [-0.2, -0.15) is 18.4 Å². The number of nitrogens with zero attached hydrogens (tertiary/aromatic N) is 7. The molecule has 0 saturated carbocycles. The van der Waals surface area contributed by atoms with E-state index in [1.807, 2.05) is 37.5 Å². The van der Waals surface area contributed by atoms with E-state index in [9.17, 15) is 18.0 Å². The number of tetrazole rings is 1. The highest BCUT2D eigenvalue weighted by Crippen LogP contribution is 2.36. The van der Waals surface area contributed by atoms with Crippen LogP contribution in [0.3, 0.4) is 0 Å². The first kappa shape index (κ1) is 29.5. The molecule has 1 saturated heterocycles. The summed E-state index contributed by atoms with van der Waals surface area (Å²) >= 11 is 6.11. The van der Waals surface area contributed by atoms with Crippen LogP contribution in [0, 0.1) is 0 Å². The monoisotopic (exact) mass is 580 g/mol. The molecule has 3 aromatic rings. The first-order valence-electron chi connectivity index (χ1n) is 13.2. The minimum Gasteiger partial charge on any atom is -0.447 e. The van der Waals surface area contributed by atoms with Gasteiger partial charge in [-0.15, -0.1) is 10.2 Å². The first-order chi connectivity index (χ1) is 19.0. The second-order valence-corrected chi connectivity index (χ2v) is 10.5. The Morgan fingerprint density at radius 2 is 1.80 bits per heavy atom. The van der Waals surface area contributed by atoms with Gasteiger partial charge in [0.1, 0.15) is 0 Å². The van der Waals surface area contributed by atoms with Gasteiger partial charge in [-0.05, 0) is 68.5 Å². The Labute approximate surface area is 235 Å². The van der Waals surface area contributed by atoms with Gasteiger partial charge in [0.05, 0.1) is 17.2 Å². The van der Waals surface area contributed by atoms with E-state index in [4.69, 9.17) is 16.3 Å². The number of hydrogen-bond donors (Lipinski definition) is 1. The minimum atomic E-state index is -4.55. The van der Waals surface area contributed by atoms with Crippen molar-refractivity contribution in [2.75, 3.05) is 4.90 Å². The first-order valence-corrected chi connectivity index (χ1v) is 13.6. The standard InChI is InChI=1S/C26H32ClF3N8O2/c1-5-20-10-22(11-21(6-2)38(20)25(39)40-15(3)4)37(14-16-7-18(26(28,29)30)9-19(27)8-16)24-31-12-17(13-32-24)23-33-35-36-34-23/h7-9,12-13,15,20-22H,5-6,10-11,14H2,1-4H3,(H,33,34,35,36). The summed E-state index contributed by atoms with van der Waals surface area (Å²) in [6.07, 6.45) is 0.410. The molecule has 1 amide bonds. The van der Waals surface area contributed by atoms with Gasteiger partial charge < -0.3 is 14.5 Å². The average molecular weight is 581 g/mol. The molecule has 3 heterocycles. The van der Waals surface area contributed by atoms with Crippen molar-refractivity contribution in [3.8, 4) is 11.4 Å². The summed E-state index contributed by atoms with van der Waals surface area (Å²) in [7, 11) is 0. The molecule has 4 rings (SSSR count). The molecule has 0 radical (unpaired) electrons. The van der Waals surface area contributed by atoms with Gasteiger partial charge in [0.25, 0.3) is 0 Å². The van der Waals surface area contributed by atoms with E-state index in [0.29, 0.717) is 48.6 Å². The lowest BCUT2D eigenvalue weighted by molar-refractivity contribution is -0.137. The Morgan fingerprint density at radius 3 is 2.33 bits per heavy atom. The molecule has 1 aliphatic rings. The van der Waals surface area contributed by atoms with Gasteiger partial charge in [-0.3, -0.25) is 0 Å². The van der Waals surface area contributed by atoms with E-state index in [1.165, 1.54) is 6.07 Å². The number of ether oxygens (including phenoxy) is 1. The Balaban J connectivity index is 1.70. The molecule has 0 aliphatic carbocycles. The van der Waals surface area contributed by atoms with E-state index in [0.717, 1.165) is 12.1 Å². The number of piperidine rings is 1. The molecule has 10 nitrogen and oxygen atoms in total. The Kier molecular flexibility index (Phi) is 9.12. The quantitative estimate of drug-likeness (QED) is 0.350. The predicted octanol–water partition coefficient (Wildman–Crippen LogP) is 5.90. The van der Waals surface area contributed by atoms with Gasteiger partial charge in [0.15, 0.2) is 0 Å². The summed E-state index contributed by atoms with van der Waals surface area (Å²) in [5, 5.41) is 13.8. The lowest BCUT2D eigenvalue weighted by Gasteiger charge is -2.47. The third kappa shape index (κ3) is 6.80. The lowest BCUT2D eigenvalue weighted by atomic mass is 9.87. The van der Waals surface area contributed by atoms with Gasteiger partial charge in [0.2, 0.25) is 11.8 Å². The molecular weight excluding hydrogens is 549 g/mol.